The molecule has 0 atom stereocenters. The lowest BCUT2D eigenvalue weighted by molar-refractivity contribution is -0.141. The summed E-state index contributed by atoms with van der Waals surface area (Å²) >= 11 is 0. The molecule has 0 N–H and O–H groups in total. The van der Waals surface area contributed by atoms with E-state index in [1.165, 1.54) is 23.3 Å². The summed E-state index contributed by atoms with van der Waals surface area (Å²) in [5, 5.41) is 0.411. The summed E-state index contributed by atoms with van der Waals surface area (Å²) in [6, 6.07) is 31.7. The van der Waals surface area contributed by atoms with Crippen LogP contribution in [0.3, 0.4) is 0 Å². The number of methoxy groups -OCH3 is 1. The molecule has 0 unspecified atom stereocenters. The first kappa shape index (κ1) is 31.3. The molecule has 5 rings (SSSR count). The summed E-state index contributed by atoms with van der Waals surface area (Å²) in [6.07, 6.45) is 1.90. The van der Waals surface area contributed by atoms with Gasteiger partial charge in [0.25, 0.3) is 0 Å². The highest BCUT2D eigenvalue weighted by Crippen LogP contribution is 2.27. The van der Waals surface area contributed by atoms with Crippen LogP contribution in [-0.4, -0.2) is 48.4 Å². The minimum atomic E-state index is -0.624. The van der Waals surface area contributed by atoms with Crippen LogP contribution in [0.4, 0.5) is 4.39 Å². The molecule has 0 spiro atoms. The molecule has 0 aliphatic rings. The average Bonchev–Trinajstić information content (AvgIpc) is 3.07. The standard InChI is InChI=1S/C37H35FN2O5/c1-44-22-10-21-39(37(43)35(28-11-4-2-5-12-28)29-13-6-3-7-14-29)25-34(41)40(23-27-17-19-31(38)20-18-27)24-30-26-45-33-16-9-8-15-32(33)36(30)42/h2-9,11-20,26,35H,10,21-25H2,1H3. The first-order valence-electron chi connectivity index (χ1n) is 14.8. The highest BCUT2D eigenvalue weighted by Gasteiger charge is 2.30. The Morgan fingerprint density at radius 1 is 0.800 bits per heavy atom. The average molecular weight is 607 g/mol. The molecule has 5 aromatic rings. The van der Waals surface area contributed by atoms with Gasteiger partial charge in [-0.15, -0.1) is 0 Å². The second-order valence-electron chi connectivity index (χ2n) is 10.8. The Morgan fingerprint density at radius 2 is 1.42 bits per heavy atom. The van der Waals surface area contributed by atoms with E-state index in [0.717, 1.165) is 11.1 Å². The second-order valence-corrected chi connectivity index (χ2v) is 10.8. The van der Waals surface area contributed by atoms with Gasteiger partial charge >= 0.3 is 0 Å². The van der Waals surface area contributed by atoms with E-state index in [0.29, 0.717) is 35.1 Å². The molecule has 0 radical (unpaired) electrons. The topological polar surface area (TPSA) is 80.1 Å². The zero-order valence-corrected chi connectivity index (χ0v) is 25.1. The fourth-order valence-corrected chi connectivity index (χ4v) is 5.36. The number of para-hydroxylation sites is 1. The van der Waals surface area contributed by atoms with Crippen LogP contribution >= 0.6 is 0 Å². The molecule has 1 aromatic heterocycles. The molecule has 45 heavy (non-hydrogen) atoms. The highest BCUT2D eigenvalue weighted by atomic mass is 19.1. The van der Waals surface area contributed by atoms with Crippen LogP contribution in [0.15, 0.2) is 125 Å². The molecule has 2 amide bonds. The number of carbonyl (C=O) groups excluding carboxylic acids is 2. The number of carbonyl (C=O) groups is 2. The van der Waals surface area contributed by atoms with Crippen LogP contribution in [0, 0.1) is 5.82 Å². The van der Waals surface area contributed by atoms with Gasteiger partial charge in [-0.25, -0.2) is 4.39 Å². The maximum Gasteiger partial charge on any atom is 0.242 e. The van der Waals surface area contributed by atoms with E-state index in [4.69, 9.17) is 9.15 Å². The SMILES string of the molecule is COCCCN(CC(=O)N(Cc1ccc(F)cc1)Cc1coc2ccccc2c1=O)C(=O)C(c1ccccc1)c1ccccc1. The summed E-state index contributed by atoms with van der Waals surface area (Å²) in [5.41, 5.74) is 2.82. The van der Waals surface area contributed by atoms with Crippen molar-refractivity contribution in [2.45, 2.75) is 25.4 Å². The summed E-state index contributed by atoms with van der Waals surface area (Å²) in [7, 11) is 1.59. The van der Waals surface area contributed by atoms with Gasteiger partial charge in [0.1, 0.15) is 11.4 Å². The van der Waals surface area contributed by atoms with Crippen LogP contribution in [0.2, 0.25) is 0 Å². The molecule has 230 valence electrons. The van der Waals surface area contributed by atoms with Crippen molar-refractivity contribution in [2.75, 3.05) is 26.8 Å². The van der Waals surface area contributed by atoms with Crippen molar-refractivity contribution in [1.82, 2.24) is 9.80 Å². The van der Waals surface area contributed by atoms with Crippen molar-refractivity contribution in [3.8, 4) is 0 Å². The van der Waals surface area contributed by atoms with Crippen molar-refractivity contribution >= 4 is 22.8 Å². The van der Waals surface area contributed by atoms with Gasteiger partial charge in [0.2, 0.25) is 11.8 Å². The van der Waals surface area contributed by atoms with Gasteiger partial charge in [0.05, 0.1) is 36.2 Å². The van der Waals surface area contributed by atoms with Crippen LogP contribution in [0.5, 0.6) is 0 Å². The molecule has 0 saturated carbocycles. The lowest BCUT2D eigenvalue weighted by atomic mass is 9.90. The Kier molecular flexibility index (Phi) is 10.5. The predicted octanol–water partition coefficient (Wildman–Crippen LogP) is 6.16. The molecular formula is C37H35FN2O5. The van der Waals surface area contributed by atoms with E-state index >= 15 is 0 Å². The van der Waals surface area contributed by atoms with Gasteiger partial charge in [-0.2, -0.15) is 0 Å². The van der Waals surface area contributed by atoms with Gasteiger partial charge < -0.3 is 19.0 Å². The number of rotatable bonds is 13. The number of ether oxygens (including phenoxy) is 1. The Bertz CT molecular complexity index is 1730. The summed E-state index contributed by atoms with van der Waals surface area (Å²) in [5.74, 6) is -1.60. The summed E-state index contributed by atoms with van der Waals surface area (Å²) in [4.78, 5) is 44.9. The van der Waals surface area contributed by atoms with E-state index in [2.05, 4.69) is 0 Å². The Hall–Kier alpha value is -5.08. The number of hydrogen-bond donors (Lipinski definition) is 0. The van der Waals surface area contributed by atoms with Crippen molar-refractivity contribution in [3.05, 3.63) is 154 Å². The third kappa shape index (κ3) is 7.91. The molecular weight excluding hydrogens is 571 g/mol. The molecule has 0 fully saturated rings. The lowest BCUT2D eigenvalue weighted by Crippen LogP contribution is -2.45. The Labute approximate surface area is 261 Å². The van der Waals surface area contributed by atoms with Gasteiger partial charge in [-0.05, 0) is 47.4 Å². The van der Waals surface area contributed by atoms with Gasteiger partial charge in [-0.1, -0.05) is 84.9 Å². The molecule has 4 aromatic carbocycles. The second kappa shape index (κ2) is 15.1. The minimum Gasteiger partial charge on any atom is -0.464 e. The number of fused-ring (bicyclic) bond motifs is 1. The van der Waals surface area contributed by atoms with Crippen LogP contribution in [-0.2, 0) is 27.4 Å². The number of hydrogen-bond acceptors (Lipinski definition) is 5. The number of halogens is 1. The molecule has 7 nitrogen and oxygen atoms in total. The molecule has 8 heteroatoms. The monoisotopic (exact) mass is 606 g/mol. The first-order valence-corrected chi connectivity index (χ1v) is 14.8. The maximum absolute atomic E-state index is 14.4. The maximum atomic E-state index is 14.4. The first-order chi connectivity index (χ1) is 21.9. The summed E-state index contributed by atoms with van der Waals surface area (Å²) < 4.78 is 24.7. The van der Waals surface area contributed by atoms with Crippen molar-refractivity contribution < 1.29 is 23.1 Å². The fraction of sp³-hybridized carbons (Fsp3) is 0.216. The molecule has 0 saturated heterocycles. The van der Waals surface area contributed by atoms with E-state index in [9.17, 15) is 18.8 Å². The highest BCUT2D eigenvalue weighted by molar-refractivity contribution is 5.91. The Morgan fingerprint density at radius 3 is 2.07 bits per heavy atom. The molecule has 1 heterocycles. The fourth-order valence-electron chi connectivity index (χ4n) is 5.36. The van der Waals surface area contributed by atoms with Gasteiger partial charge in [0, 0.05) is 26.8 Å². The number of benzene rings is 4. The van der Waals surface area contributed by atoms with Crippen molar-refractivity contribution in [2.24, 2.45) is 0 Å². The van der Waals surface area contributed by atoms with Crippen molar-refractivity contribution in [3.63, 3.8) is 0 Å². The molecule has 0 aliphatic carbocycles. The minimum absolute atomic E-state index is 0.0513. The third-order valence-electron chi connectivity index (χ3n) is 7.68. The predicted molar refractivity (Wildman–Crippen MR) is 171 cm³/mol. The van der Waals surface area contributed by atoms with E-state index in [1.807, 2.05) is 60.7 Å². The molecule has 0 aliphatic heterocycles. The quantitative estimate of drug-likeness (QED) is 0.150. The summed E-state index contributed by atoms with van der Waals surface area (Å²) in [6.45, 7) is 0.531. The zero-order chi connectivity index (χ0) is 31.6. The van der Waals surface area contributed by atoms with Crippen molar-refractivity contribution in [1.29, 1.82) is 0 Å². The third-order valence-corrected chi connectivity index (χ3v) is 7.68. The number of nitrogens with zero attached hydrogens (tertiary/aromatic N) is 2. The lowest BCUT2D eigenvalue weighted by Gasteiger charge is -2.30. The zero-order valence-electron chi connectivity index (χ0n) is 25.1. The van der Waals surface area contributed by atoms with Crippen LogP contribution in [0.25, 0.3) is 11.0 Å². The van der Waals surface area contributed by atoms with E-state index in [-0.39, 0.29) is 43.4 Å². The van der Waals surface area contributed by atoms with Crippen LogP contribution in [0.1, 0.15) is 34.6 Å². The number of amides is 2. The van der Waals surface area contributed by atoms with Crippen LogP contribution < -0.4 is 5.43 Å². The largest absolute Gasteiger partial charge is 0.464 e. The van der Waals surface area contributed by atoms with E-state index in [1.54, 1.807) is 48.4 Å². The Balaban J connectivity index is 1.47. The van der Waals surface area contributed by atoms with Gasteiger partial charge in [-0.3, -0.25) is 14.4 Å². The van der Waals surface area contributed by atoms with Gasteiger partial charge in [0.15, 0.2) is 5.43 Å². The molecule has 0 bridgehead atoms. The normalized spacial score (nSPS) is 11.1. The smallest absolute Gasteiger partial charge is 0.242 e. The van der Waals surface area contributed by atoms with E-state index < -0.39 is 11.7 Å².